The lowest BCUT2D eigenvalue weighted by Gasteiger charge is -2.38. The Kier molecular flexibility index (Phi) is 5.33. The first-order chi connectivity index (χ1) is 15.3. The molecule has 2 saturated heterocycles. The quantitative estimate of drug-likeness (QED) is 0.655. The van der Waals surface area contributed by atoms with Gasteiger partial charge in [-0.3, -0.25) is 14.5 Å². The molecule has 1 aromatic carbocycles. The Hall–Kier alpha value is -2.65. The number of piperazine rings is 1. The molecular weight excluding hydrogens is 428 g/mol. The van der Waals surface area contributed by atoms with Gasteiger partial charge in [-0.25, -0.2) is 9.88 Å². The van der Waals surface area contributed by atoms with Crippen LogP contribution in [0.1, 0.15) is 25.3 Å². The van der Waals surface area contributed by atoms with E-state index in [1.165, 1.54) is 16.2 Å². The van der Waals surface area contributed by atoms with Crippen LogP contribution in [0.5, 0.6) is 11.5 Å². The number of carbonyl (C=O) groups is 2. The Bertz CT molecular complexity index is 1040. The fraction of sp³-hybridized carbons (Fsp3) is 0.522. The number of fused-ring (bicyclic) bond motifs is 1. The molecule has 9 heteroatoms. The minimum absolute atomic E-state index is 0.00407. The monoisotopic (exact) mass is 456 g/mol. The summed E-state index contributed by atoms with van der Waals surface area (Å²) >= 11 is 1.42. The first-order valence-electron chi connectivity index (χ1n) is 11.0. The number of carbonyl (C=O) groups excluding carboxylic acids is 2. The highest BCUT2D eigenvalue weighted by molar-refractivity contribution is 7.16. The average Bonchev–Trinajstić information content (AvgIpc) is 3.23. The molecule has 0 spiro atoms. The molecular formula is C23H28N4O4S. The molecule has 0 aliphatic carbocycles. The van der Waals surface area contributed by atoms with Gasteiger partial charge < -0.3 is 14.4 Å². The van der Waals surface area contributed by atoms with Gasteiger partial charge in [0.05, 0.1) is 10.4 Å². The highest BCUT2D eigenvalue weighted by Gasteiger charge is 2.47. The van der Waals surface area contributed by atoms with Gasteiger partial charge in [-0.05, 0) is 19.1 Å². The van der Waals surface area contributed by atoms with Crippen LogP contribution >= 0.6 is 11.3 Å². The number of aryl methyl sites for hydroxylation is 1. The number of anilines is 2. The third-order valence-electron chi connectivity index (χ3n) is 6.23. The van der Waals surface area contributed by atoms with Gasteiger partial charge in [0.2, 0.25) is 11.8 Å². The molecule has 3 aliphatic heterocycles. The number of benzene rings is 1. The fourth-order valence-electron chi connectivity index (χ4n) is 4.49. The maximum Gasteiger partial charge on any atom is 0.240 e. The number of aromatic nitrogens is 1. The van der Waals surface area contributed by atoms with Crippen molar-refractivity contribution in [2.24, 2.45) is 5.41 Å². The molecule has 1 unspecified atom stereocenters. The van der Waals surface area contributed by atoms with Crippen molar-refractivity contribution in [1.82, 2.24) is 9.88 Å². The molecule has 170 valence electrons. The molecule has 2 amide bonds. The van der Waals surface area contributed by atoms with E-state index in [1.54, 1.807) is 0 Å². The van der Waals surface area contributed by atoms with E-state index in [2.05, 4.69) is 9.80 Å². The third-order valence-corrected chi connectivity index (χ3v) is 7.17. The van der Waals surface area contributed by atoms with Crippen LogP contribution in [-0.2, 0) is 9.59 Å². The van der Waals surface area contributed by atoms with Crippen molar-refractivity contribution >= 4 is 34.0 Å². The first kappa shape index (κ1) is 21.2. The molecule has 1 aromatic heterocycles. The Labute approximate surface area is 191 Å². The van der Waals surface area contributed by atoms with Gasteiger partial charge in [0, 0.05) is 39.1 Å². The van der Waals surface area contributed by atoms with Gasteiger partial charge >= 0.3 is 0 Å². The topological polar surface area (TPSA) is 75.2 Å². The zero-order chi connectivity index (χ0) is 22.5. The number of ether oxygens (including phenoxy) is 2. The first-order valence-corrected chi connectivity index (χ1v) is 11.8. The molecule has 3 aliphatic rings. The van der Waals surface area contributed by atoms with Crippen LogP contribution in [-0.4, -0.2) is 67.1 Å². The Morgan fingerprint density at radius 1 is 1.12 bits per heavy atom. The lowest BCUT2D eigenvalue weighted by Crippen LogP contribution is -2.51. The summed E-state index contributed by atoms with van der Waals surface area (Å²) in [5, 5.41) is 1.52. The normalized spacial score (nSPS) is 23.2. The van der Waals surface area contributed by atoms with E-state index >= 15 is 0 Å². The van der Waals surface area contributed by atoms with Crippen LogP contribution in [0.2, 0.25) is 0 Å². The summed E-state index contributed by atoms with van der Waals surface area (Å²) in [4.78, 5) is 36.1. The summed E-state index contributed by atoms with van der Waals surface area (Å²) < 4.78 is 11.9. The molecule has 4 heterocycles. The molecule has 1 atom stereocenters. The van der Waals surface area contributed by atoms with Crippen molar-refractivity contribution in [3.8, 4) is 11.5 Å². The summed E-state index contributed by atoms with van der Waals surface area (Å²) in [7, 11) is 0. The predicted molar refractivity (Wildman–Crippen MR) is 123 cm³/mol. The van der Waals surface area contributed by atoms with Gasteiger partial charge in [-0.15, -0.1) is 0 Å². The fourth-order valence-corrected chi connectivity index (χ4v) is 5.45. The molecule has 2 fully saturated rings. The molecule has 8 nitrogen and oxygen atoms in total. The Morgan fingerprint density at radius 3 is 2.53 bits per heavy atom. The number of hydrogen-bond acceptors (Lipinski definition) is 8. The summed E-state index contributed by atoms with van der Waals surface area (Å²) in [6.07, 6.45) is 0.235. The Morgan fingerprint density at radius 2 is 1.84 bits per heavy atom. The van der Waals surface area contributed by atoms with Crippen LogP contribution in [0, 0.1) is 12.3 Å². The Balaban J connectivity index is 1.24. The standard InChI is InChI=1S/C23H28N4O4S/c1-15-24-20(21(32-15)27-19(28)12-23(2,3)22(27)29)26-10-8-25(9-11-26)13-16-14-30-17-6-4-5-7-18(17)31-16/h4-7,16H,8-14H2,1-3H3. The second kappa shape index (κ2) is 8.04. The maximum absolute atomic E-state index is 12.9. The molecule has 32 heavy (non-hydrogen) atoms. The number of hydrogen-bond donors (Lipinski definition) is 0. The maximum atomic E-state index is 12.9. The summed E-state index contributed by atoms with van der Waals surface area (Å²) in [6, 6.07) is 7.76. The van der Waals surface area contributed by atoms with Gasteiger partial charge in [0.1, 0.15) is 17.7 Å². The summed E-state index contributed by atoms with van der Waals surface area (Å²) in [6.45, 7) is 10.2. The van der Waals surface area contributed by atoms with Crippen molar-refractivity contribution in [3.63, 3.8) is 0 Å². The minimum Gasteiger partial charge on any atom is -0.486 e. The molecule has 0 radical (unpaired) electrons. The molecule has 0 saturated carbocycles. The molecule has 0 N–H and O–H groups in total. The number of para-hydroxylation sites is 2. The van der Waals surface area contributed by atoms with Crippen LogP contribution in [0.3, 0.4) is 0 Å². The van der Waals surface area contributed by atoms with Crippen molar-refractivity contribution in [2.45, 2.75) is 33.3 Å². The van der Waals surface area contributed by atoms with E-state index in [0.717, 1.165) is 55.0 Å². The highest BCUT2D eigenvalue weighted by Crippen LogP contribution is 2.42. The van der Waals surface area contributed by atoms with E-state index in [9.17, 15) is 9.59 Å². The second-order valence-corrected chi connectivity index (χ2v) is 10.4. The SMILES string of the molecule is Cc1nc(N2CCN(CC3COc4ccccc4O3)CC2)c(N2C(=O)CC(C)(C)C2=O)s1. The van der Waals surface area contributed by atoms with Gasteiger partial charge in [0.25, 0.3) is 0 Å². The molecule has 5 rings (SSSR count). The van der Waals surface area contributed by atoms with E-state index in [4.69, 9.17) is 14.5 Å². The summed E-state index contributed by atoms with van der Waals surface area (Å²) in [5.41, 5.74) is -0.661. The lowest BCUT2D eigenvalue weighted by atomic mass is 9.92. The number of amides is 2. The largest absolute Gasteiger partial charge is 0.486 e. The smallest absolute Gasteiger partial charge is 0.240 e. The van der Waals surface area contributed by atoms with Crippen molar-refractivity contribution in [2.75, 3.05) is 49.1 Å². The number of thiazole rings is 1. The minimum atomic E-state index is -0.661. The molecule has 0 bridgehead atoms. The third kappa shape index (κ3) is 3.84. The van der Waals surface area contributed by atoms with Crippen molar-refractivity contribution in [1.29, 1.82) is 0 Å². The molecule has 2 aromatic rings. The zero-order valence-corrected chi connectivity index (χ0v) is 19.5. The van der Waals surface area contributed by atoms with Crippen LogP contribution in [0.4, 0.5) is 10.8 Å². The van der Waals surface area contributed by atoms with Crippen molar-refractivity contribution < 1.29 is 19.1 Å². The van der Waals surface area contributed by atoms with Crippen LogP contribution < -0.4 is 19.3 Å². The summed E-state index contributed by atoms with van der Waals surface area (Å²) in [5.74, 6) is 2.07. The second-order valence-electron chi connectivity index (χ2n) is 9.24. The number of nitrogens with zero attached hydrogens (tertiary/aromatic N) is 4. The van der Waals surface area contributed by atoms with E-state index in [0.29, 0.717) is 11.6 Å². The zero-order valence-electron chi connectivity index (χ0n) is 18.7. The van der Waals surface area contributed by atoms with Crippen LogP contribution in [0.25, 0.3) is 0 Å². The highest BCUT2D eigenvalue weighted by atomic mass is 32.1. The van der Waals surface area contributed by atoms with E-state index in [1.807, 2.05) is 45.0 Å². The van der Waals surface area contributed by atoms with E-state index in [-0.39, 0.29) is 24.3 Å². The van der Waals surface area contributed by atoms with Crippen molar-refractivity contribution in [3.05, 3.63) is 29.3 Å². The van der Waals surface area contributed by atoms with Gasteiger partial charge in [0.15, 0.2) is 17.3 Å². The van der Waals surface area contributed by atoms with Gasteiger partial charge in [-0.2, -0.15) is 0 Å². The average molecular weight is 457 g/mol. The lowest BCUT2D eigenvalue weighted by molar-refractivity contribution is -0.124. The van der Waals surface area contributed by atoms with Gasteiger partial charge in [-0.1, -0.05) is 37.3 Å². The van der Waals surface area contributed by atoms with E-state index < -0.39 is 5.41 Å². The number of imide groups is 1. The number of rotatable bonds is 4. The van der Waals surface area contributed by atoms with Crippen LogP contribution in [0.15, 0.2) is 24.3 Å². The predicted octanol–water partition coefficient (Wildman–Crippen LogP) is 2.70.